The van der Waals surface area contributed by atoms with E-state index in [0.717, 1.165) is 18.8 Å². The summed E-state index contributed by atoms with van der Waals surface area (Å²) in [5.41, 5.74) is 2.36. The van der Waals surface area contributed by atoms with Crippen molar-refractivity contribution in [2.45, 2.75) is 19.8 Å². The molecule has 1 aliphatic heterocycles. The fourth-order valence-corrected chi connectivity index (χ4v) is 3.09. The highest BCUT2D eigenvalue weighted by molar-refractivity contribution is 6.08. The van der Waals surface area contributed by atoms with Crippen molar-refractivity contribution in [3.63, 3.8) is 0 Å². The average molecular weight is 356 g/mol. The van der Waals surface area contributed by atoms with Crippen LogP contribution in [0.25, 0.3) is 0 Å². The van der Waals surface area contributed by atoms with Gasteiger partial charge >= 0.3 is 0 Å². The largest absolute Gasteiger partial charge is 0.508 e. The zero-order valence-electron chi connectivity index (χ0n) is 15.0. The Kier molecular flexibility index (Phi) is 5.32. The maximum atomic E-state index is 12.8. The number of phenols is 2. The van der Waals surface area contributed by atoms with E-state index in [0.29, 0.717) is 24.5 Å². The molecule has 0 aromatic heterocycles. The fourth-order valence-electron chi connectivity index (χ4n) is 3.09. The zero-order valence-corrected chi connectivity index (χ0v) is 15.0. The lowest BCUT2D eigenvalue weighted by Crippen LogP contribution is -2.36. The second-order valence-electron chi connectivity index (χ2n) is 6.65. The van der Waals surface area contributed by atoms with Crippen LogP contribution in [0.5, 0.6) is 11.5 Å². The van der Waals surface area contributed by atoms with Crippen molar-refractivity contribution in [1.82, 2.24) is 0 Å². The SMILES string of the molecule is CC(C)c1cc(C(=O)Nc2ccccc2N2CCOCC2)c(O)cc1O. The molecular formula is C20H24N2O4. The van der Waals surface area contributed by atoms with Gasteiger partial charge in [0.2, 0.25) is 0 Å². The number of carbonyl (C=O) groups is 1. The van der Waals surface area contributed by atoms with Crippen LogP contribution in [0, 0.1) is 0 Å². The number of ether oxygens (including phenoxy) is 1. The Bertz CT molecular complexity index is 798. The van der Waals surface area contributed by atoms with Crippen molar-refractivity contribution in [3.8, 4) is 11.5 Å². The lowest BCUT2D eigenvalue weighted by Gasteiger charge is -2.30. The summed E-state index contributed by atoms with van der Waals surface area (Å²) in [6, 6.07) is 10.3. The predicted octanol–water partition coefficient (Wildman–Crippen LogP) is 3.31. The fraction of sp³-hybridized carbons (Fsp3) is 0.350. The van der Waals surface area contributed by atoms with Crippen LogP contribution in [0.2, 0.25) is 0 Å². The topological polar surface area (TPSA) is 82.0 Å². The third-order valence-corrected chi connectivity index (χ3v) is 4.52. The van der Waals surface area contributed by atoms with E-state index in [1.54, 1.807) is 6.07 Å². The summed E-state index contributed by atoms with van der Waals surface area (Å²) in [6.07, 6.45) is 0. The first-order valence-electron chi connectivity index (χ1n) is 8.76. The summed E-state index contributed by atoms with van der Waals surface area (Å²) in [5.74, 6) is -0.635. The Labute approximate surface area is 153 Å². The molecule has 1 saturated heterocycles. The molecule has 26 heavy (non-hydrogen) atoms. The molecule has 1 amide bonds. The van der Waals surface area contributed by atoms with E-state index in [1.165, 1.54) is 6.07 Å². The molecule has 0 atom stereocenters. The zero-order chi connectivity index (χ0) is 18.7. The number of aromatic hydroxyl groups is 2. The molecule has 0 spiro atoms. The van der Waals surface area contributed by atoms with Gasteiger partial charge in [-0.15, -0.1) is 0 Å². The summed E-state index contributed by atoms with van der Waals surface area (Å²) < 4.78 is 5.39. The normalized spacial score (nSPS) is 14.5. The summed E-state index contributed by atoms with van der Waals surface area (Å²) in [7, 11) is 0. The molecule has 0 radical (unpaired) electrons. The van der Waals surface area contributed by atoms with Gasteiger partial charge in [0.1, 0.15) is 11.5 Å². The molecule has 0 bridgehead atoms. The first kappa shape index (κ1) is 18.1. The number of amides is 1. The molecule has 1 fully saturated rings. The monoisotopic (exact) mass is 356 g/mol. The number of hydrogen-bond acceptors (Lipinski definition) is 5. The van der Waals surface area contributed by atoms with E-state index in [9.17, 15) is 15.0 Å². The lowest BCUT2D eigenvalue weighted by atomic mass is 9.98. The summed E-state index contributed by atoms with van der Waals surface area (Å²) in [4.78, 5) is 14.9. The van der Waals surface area contributed by atoms with E-state index < -0.39 is 5.91 Å². The number of nitrogens with zero attached hydrogens (tertiary/aromatic N) is 1. The van der Waals surface area contributed by atoms with E-state index in [2.05, 4.69) is 10.2 Å². The van der Waals surface area contributed by atoms with E-state index >= 15 is 0 Å². The Morgan fingerprint density at radius 1 is 1.12 bits per heavy atom. The molecule has 1 aliphatic rings. The number of para-hydroxylation sites is 2. The minimum Gasteiger partial charge on any atom is -0.508 e. The van der Waals surface area contributed by atoms with Gasteiger partial charge in [0.05, 0.1) is 30.2 Å². The van der Waals surface area contributed by atoms with Crippen molar-refractivity contribution < 1.29 is 19.7 Å². The van der Waals surface area contributed by atoms with Gasteiger partial charge in [0.25, 0.3) is 5.91 Å². The third kappa shape index (κ3) is 3.75. The van der Waals surface area contributed by atoms with Crippen LogP contribution in [-0.4, -0.2) is 42.4 Å². The molecule has 138 valence electrons. The van der Waals surface area contributed by atoms with E-state index in [1.807, 2.05) is 38.1 Å². The number of nitrogens with one attached hydrogen (secondary N) is 1. The maximum Gasteiger partial charge on any atom is 0.259 e. The molecule has 0 saturated carbocycles. The molecule has 6 nitrogen and oxygen atoms in total. The van der Waals surface area contributed by atoms with Gasteiger partial charge in [-0.2, -0.15) is 0 Å². The molecular weight excluding hydrogens is 332 g/mol. The van der Waals surface area contributed by atoms with Crippen LogP contribution in [0.3, 0.4) is 0 Å². The summed E-state index contributed by atoms with van der Waals surface area (Å²) in [5, 5.41) is 23.0. The number of phenolic OH excluding ortho intramolecular Hbond substituents is 2. The molecule has 2 aromatic rings. The summed E-state index contributed by atoms with van der Waals surface area (Å²) >= 11 is 0. The van der Waals surface area contributed by atoms with Crippen LogP contribution >= 0.6 is 0 Å². The Morgan fingerprint density at radius 3 is 2.50 bits per heavy atom. The number of hydrogen-bond donors (Lipinski definition) is 3. The van der Waals surface area contributed by atoms with Gasteiger partial charge in [-0.25, -0.2) is 0 Å². The highest BCUT2D eigenvalue weighted by Gasteiger charge is 2.20. The highest BCUT2D eigenvalue weighted by Crippen LogP contribution is 2.33. The van der Waals surface area contributed by atoms with Crippen LogP contribution < -0.4 is 10.2 Å². The first-order chi connectivity index (χ1) is 12.5. The molecule has 6 heteroatoms. The first-order valence-corrected chi connectivity index (χ1v) is 8.76. The standard InChI is InChI=1S/C20H24N2O4/c1-13(2)14-11-15(19(24)12-18(14)23)20(25)21-16-5-3-4-6-17(16)22-7-9-26-10-8-22/h3-6,11-13,23-24H,7-10H2,1-2H3,(H,21,25). The van der Waals surface area contributed by atoms with Crippen LogP contribution in [0.15, 0.2) is 36.4 Å². The van der Waals surface area contributed by atoms with Crippen molar-refractivity contribution in [2.75, 3.05) is 36.5 Å². The Morgan fingerprint density at radius 2 is 1.81 bits per heavy atom. The lowest BCUT2D eigenvalue weighted by molar-refractivity contribution is 0.102. The minimum atomic E-state index is -0.412. The number of carbonyl (C=O) groups excluding carboxylic acids is 1. The second-order valence-corrected chi connectivity index (χ2v) is 6.65. The smallest absolute Gasteiger partial charge is 0.259 e. The van der Waals surface area contributed by atoms with Crippen LogP contribution in [0.4, 0.5) is 11.4 Å². The third-order valence-electron chi connectivity index (χ3n) is 4.52. The minimum absolute atomic E-state index is 0.0113. The number of anilines is 2. The molecule has 3 rings (SSSR count). The number of morpholine rings is 1. The molecule has 1 heterocycles. The van der Waals surface area contributed by atoms with Crippen molar-refractivity contribution in [1.29, 1.82) is 0 Å². The Balaban J connectivity index is 1.88. The average Bonchev–Trinajstić information content (AvgIpc) is 2.62. The van der Waals surface area contributed by atoms with Gasteiger partial charge in [-0.1, -0.05) is 26.0 Å². The van der Waals surface area contributed by atoms with Gasteiger partial charge in [-0.05, 0) is 29.7 Å². The second kappa shape index (κ2) is 7.66. The van der Waals surface area contributed by atoms with E-state index in [-0.39, 0.29) is 23.0 Å². The molecule has 0 unspecified atom stereocenters. The van der Waals surface area contributed by atoms with Crippen molar-refractivity contribution >= 4 is 17.3 Å². The quantitative estimate of drug-likeness (QED) is 0.783. The molecule has 3 N–H and O–H groups in total. The van der Waals surface area contributed by atoms with Gasteiger partial charge in [0.15, 0.2) is 0 Å². The maximum absolute atomic E-state index is 12.8. The number of benzene rings is 2. The highest BCUT2D eigenvalue weighted by atomic mass is 16.5. The predicted molar refractivity (Wildman–Crippen MR) is 101 cm³/mol. The molecule has 2 aromatic carbocycles. The van der Waals surface area contributed by atoms with Crippen molar-refractivity contribution in [3.05, 3.63) is 47.5 Å². The summed E-state index contributed by atoms with van der Waals surface area (Å²) in [6.45, 7) is 6.66. The van der Waals surface area contributed by atoms with Crippen molar-refractivity contribution in [2.24, 2.45) is 0 Å². The Hall–Kier alpha value is -2.73. The molecule has 0 aliphatic carbocycles. The van der Waals surface area contributed by atoms with Gasteiger partial charge in [0, 0.05) is 19.2 Å². The number of rotatable bonds is 4. The van der Waals surface area contributed by atoms with Crippen LogP contribution in [-0.2, 0) is 4.74 Å². The van der Waals surface area contributed by atoms with Crippen LogP contribution in [0.1, 0.15) is 35.7 Å². The van der Waals surface area contributed by atoms with E-state index in [4.69, 9.17) is 4.74 Å². The van der Waals surface area contributed by atoms with Gasteiger partial charge in [-0.3, -0.25) is 4.79 Å². The van der Waals surface area contributed by atoms with Gasteiger partial charge < -0.3 is 25.2 Å².